The molecular weight excluding hydrogens is 292 g/mol. The minimum Gasteiger partial charge on any atom is -0.444 e. The van der Waals surface area contributed by atoms with E-state index in [4.69, 9.17) is 4.74 Å². The van der Waals surface area contributed by atoms with Crippen molar-refractivity contribution >= 4 is 11.9 Å². The van der Waals surface area contributed by atoms with Crippen molar-refractivity contribution in [3.05, 3.63) is 12.3 Å². The Morgan fingerprint density at radius 2 is 2.22 bits per heavy atom. The van der Waals surface area contributed by atoms with E-state index in [9.17, 15) is 4.79 Å². The van der Waals surface area contributed by atoms with Gasteiger partial charge in [0.05, 0.1) is 0 Å². The summed E-state index contributed by atoms with van der Waals surface area (Å²) in [6, 6.07) is 0.146. The minimum absolute atomic E-state index is 0.146. The van der Waals surface area contributed by atoms with E-state index < -0.39 is 5.60 Å². The Balaban J connectivity index is 1.93. The van der Waals surface area contributed by atoms with E-state index in [1.54, 1.807) is 0 Å². The van der Waals surface area contributed by atoms with Crippen molar-refractivity contribution in [2.75, 3.05) is 13.6 Å². The fourth-order valence-corrected chi connectivity index (χ4v) is 2.99. The molecule has 1 heterocycles. The molecule has 0 saturated heterocycles. The number of amidine groups is 1. The summed E-state index contributed by atoms with van der Waals surface area (Å²) >= 11 is 0. The van der Waals surface area contributed by atoms with Crippen LogP contribution in [0.4, 0.5) is 4.79 Å². The molecule has 0 spiro atoms. The van der Waals surface area contributed by atoms with Crippen molar-refractivity contribution < 1.29 is 9.53 Å². The molecule has 0 unspecified atom stereocenters. The van der Waals surface area contributed by atoms with Crippen molar-refractivity contribution in [3.8, 4) is 0 Å². The Kier molecular flexibility index (Phi) is 5.91. The number of alkyl carbamates (subject to hydrolysis) is 1. The van der Waals surface area contributed by atoms with Crippen LogP contribution >= 0.6 is 0 Å². The number of hydrogen-bond acceptors (Lipinski definition) is 5. The van der Waals surface area contributed by atoms with Crippen LogP contribution < -0.4 is 10.6 Å². The Labute approximate surface area is 139 Å². The molecule has 1 aliphatic heterocycles. The average molecular weight is 322 g/mol. The lowest BCUT2D eigenvalue weighted by atomic mass is 9.85. The Hall–Kier alpha value is -1.72. The molecule has 0 bridgehead atoms. The predicted molar refractivity (Wildman–Crippen MR) is 92.1 cm³/mol. The topological polar surface area (TPSA) is 66.0 Å². The van der Waals surface area contributed by atoms with E-state index in [-0.39, 0.29) is 12.1 Å². The number of nitrogens with zero attached hydrogens (tertiary/aromatic N) is 2. The fourth-order valence-electron chi connectivity index (χ4n) is 2.99. The van der Waals surface area contributed by atoms with Gasteiger partial charge in [0.1, 0.15) is 11.4 Å². The number of hydrogen-bond donors (Lipinski definition) is 2. The normalized spacial score (nSPS) is 29.4. The Morgan fingerprint density at radius 3 is 2.96 bits per heavy atom. The summed E-state index contributed by atoms with van der Waals surface area (Å²) in [4.78, 5) is 12.0. The van der Waals surface area contributed by atoms with Gasteiger partial charge in [0.2, 0.25) is 0 Å². The minimum atomic E-state index is -0.461. The summed E-state index contributed by atoms with van der Waals surface area (Å²) in [6.07, 6.45) is 8.85. The van der Waals surface area contributed by atoms with Gasteiger partial charge in [-0.2, -0.15) is 5.10 Å². The van der Waals surface area contributed by atoms with Gasteiger partial charge in [-0.3, -0.25) is 5.01 Å². The molecule has 0 aromatic carbocycles. The SMILES string of the molecule is CN1CC/C=C\N/C([C@H]2CCC[C@@H](NC(=O)OC(C)(C)C)C2)=N\1. The number of carbonyl (C=O) groups is 1. The lowest BCUT2D eigenvalue weighted by Crippen LogP contribution is -2.44. The van der Waals surface area contributed by atoms with Crippen LogP contribution in [0.25, 0.3) is 0 Å². The molecule has 23 heavy (non-hydrogen) atoms. The van der Waals surface area contributed by atoms with Gasteiger partial charge in [0.15, 0.2) is 0 Å². The first-order valence-corrected chi connectivity index (χ1v) is 8.54. The monoisotopic (exact) mass is 322 g/mol. The van der Waals surface area contributed by atoms with E-state index >= 15 is 0 Å². The molecular formula is C17H30N4O2. The maximum absolute atomic E-state index is 12.0. The predicted octanol–water partition coefficient (Wildman–Crippen LogP) is 2.82. The van der Waals surface area contributed by atoms with E-state index in [1.165, 1.54) is 0 Å². The van der Waals surface area contributed by atoms with Crippen LogP contribution in [0.5, 0.6) is 0 Å². The smallest absolute Gasteiger partial charge is 0.407 e. The van der Waals surface area contributed by atoms with Crippen LogP contribution in [-0.4, -0.2) is 42.2 Å². The highest BCUT2D eigenvalue weighted by Gasteiger charge is 2.28. The molecule has 1 fully saturated rings. The number of hydrazone groups is 1. The molecule has 0 radical (unpaired) electrons. The molecule has 2 atom stereocenters. The van der Waals surface area contributed by atoms with Gasteiger partial charge in [-0.15, -0.1) is 0 Å². The van der Waals surface area contributed by atoms with Crippen molar-refractivity contribution in [1.29, 1.82) is 0 Å². The summed E-state index contributed by atoms with van der Waals surface area (Å²) in [5.74, 6) is 1.34. The van der Waals surface area contributed by atoms with Crippen LogP contribution in [0.3, 0.4) is 0 Å². The molecule has 6 nitrogen and oxygen atoms in total. The first-order chi connectivity index (χ1) is 10.8. The maximum atomic E-state index is 12.0. The molecule has 6 heteroatoms. The van der Waals surface area contributed by atoms with Crippen molar-refractivity contribution in [2.24, 2.45) is 11.0 Å². The molecule has 2 rings (SSSR count). The van der Waals surface area contributed by atoms with Crippen molar-refractivity contribution in [2.45, 2.75) is 64.5 Å². The summed E-state index contributed by atoms with van der Waals surface area (Å²) < 4.78 is 5.36. The van der Waals surface area contributed by atoms with Gasteiger partial charge in [-0.25, -0.2) is 4.79 Å². The summed E-state index contributed by atoms with van der Waals surface area (Å²) in [6.45, 7) is 6.57. The van der Waals surface area contributed by atoms with Crippen molar-refractivity contribution in [1.82, 2.24) is 15.6 Å². The van der Waals surface area contributed by atoms with Crippen LogP contribution in [-0.2, 0) is 4.74 Å². The lowest BCUT2D eigenvalue weighted by Gasteiger charge is -2.32. The summed E-state index contributed by atoms with van der Waals surface area (Å²) in [5.41, 5.74) is -0.461. The highest BCUT2D eigenvalue weighted by Crippen LogP contribution is 2.26. The van der Waals surface area contributed by atoms with E-state index in [0.29, 0.717) is 5.92 Å². The van der Waals surface area contributed by atoms with Crippen LogP contribution in [0, 0.1) is 5.92 Å². The first-order valence-electron chi connectivity index (χ1n) is 8.54. The van der Waals surface area contributed by atoms with E-state index in [0.717, 1.165) is 44.5 Å². The van der Waals surface area contributed by atoms with Crippen LogP contribution in [0.2, 0.25) is 0 Å². The zero-order valence-electron chi connectivity index (χ0n) is 14.8. The van der Waals surface area contributed by atoms with Gasteiger partial charge in [-0.05, 0) is 52.7 Å². The first kappa shape index (κ1) is 17.6. The largest absolute Gasteiger partial charge is 0.444 e. The molecule has 130 valence electrons. The molecule has 1 aliphatic carbocycles. The number of amides is 1. The highest BCUT2D eigenvalue weighted by atomic mass is 16.6. The second-order valence-corrected chi connectivity index (χ2v) is 7.41. The molecule has 0 aromatic rings. The van der Waals surface area contributed by atoms with Crippen LogP contribution in [0.15, 0.2) is 17.4 Å². The quantitative estimate of drug-likeness (QED) is 0.820. The van der Waals surface area contributed by atoms with Crippen LogP contribution in [0.1, 0.15) is 52.9 Å². The molecule has 1 saturated carbocycles. The van der Waals surface area contributed by atoms with Gasteiger partial charge < -0.3 is 15.4 Å². The lowest BCUT2D eigenvalue weighted by molar-refractivity contribution is 0.0489. The summed E-state index contributed by atoms with van der Waals surface area (Å²) in [7, 11) is 2.00. The van der Waals surface area contributed by atoms with E-state index in [2.05, 4.69) is 21.8 Å². The van der Waals surface area contributed by atoms with Crippen molar-refractivity contribution in [3.63, 3.8) is 0 Å². The highest BCUT2D eigenvalue weighted by molar-refractivity contribution is 5.85. The average Bonchev–Trinajstić information content (AvgIpc) is 2.40. The zero-order valence-corrected chi connectivity index (χ0v) is 14.8. The molecule has 2 aliphatic rings. The third-order valence-electron chi connectivity index (χ3n) is 4.03. The van der Waals surface area contributed by atoms with E-state index in [1.807, 2.05) is 39.0 Å². The van der Waals surface area contributed by atoms with Gasteiger partial charge >= 0.3 is 6.09 Å². The number of ether oxygens (including phenoxy) is 1. The zero-order chi connectivity index (χ0) is 16.9. The van der Waals surface area contributed by atoms with Gasteiger partial charge in [0.25, 0.3) is 0 Å². The third kappa shape index (κ3) is 6.12. The molecule has 0 aromatic heterocycles. The fraction of sp³-hybridized carbons (Fsp3) is 0.765. The number of nitrogens with one attached hydrogen (secondary N) is 2. The standard InChI is InChI=1S/C17H30N4O2/c1-17(2,3)23-16(22)19-14-9-7-8-13(12-14)15-18-10-5-6-11-21(4)20-15/h5,10,13-14H,6-9,11-12H2,1-4H3,(H,18,20)(H,19,22)/b10-5-/t13-,14+/m0/s1. The second kappa shape index (κ2) is 7.70. The Morgan fingerprint density at radius 1 is 1.43 bits per heavy atom. The third-order valence-corrected chi connectivity index (χ3v) is 4.03. The Bertz CT molecular complexity index is 468. The summed E-state index contributed by atoms with van der Waals surface area (Å²) in [5, 5.41) is 13.0. The van der Waals surface area contributed by atoms with Gasteiger partial charge in [0, 0.05) is 25.6 Å². The molecule has 1 amide bonds. The molecule has 2 N–H and O–H groups in total. The second-order valence-electron chi connectivity index (χ2n) is 7.41. The van der Waals surface area contributed by atoms with Gasteiger partial charge in [-0.1, -0.05) is 12.5 Å². The number of carbonyl (C=O) groups excluding carboxylic acids is 1. The maximum Gasteiger partial charge on any atom is 0.407 e. The number of rotatable bonds is 2.